The molecular weight excluding hydrogens is 198 g/mol. The van der Waals surface area contributed by atoms with E-state index in [1.165, 1.54) is 0 Å². The van der Waals surface area contributed by atoms with Gasteiger partial charge in [-0.05, 0) is 18.2 Å². The molecule has 3 nitrogen and oxygen atoms in total. The maximum Gasteiger partial charge on any atom is 0.102 e. The summed E-state index contributed by atoms with van der Waals surface area (Å²) in [4.78, 5) is 3.33. The van der Waals surface area contributed by atoms with Crippen LogP contribution in [0.2, 0.25) is 0 Å². The Balaban J connectivity index is 2.77. The fraction of sp³-hybridized carbons (Fsp3) is 0.308. The molecule has 16 heavy (non-hydrogen) atoms. The van der Waals surface area contributed by atoms with Gasteiger partial charge in [-0.3, -0.25) is 0 Å². The molecule has 2 aromatic rings. The zero-order valence-electron chi connectivity index (χ0n) is 9.76. The van der Waals surface area contributed by atoms with Crippen LogP contribution in [0.3, 0.4) is 0 Å². The number of nitrogens with one attached hydrogen (secondary N) is 1. The Hall–Kier alpha value is -1.95. The molecule has 0 unspecified atom stereocenters. The lowest BCUT2D eigenvalue weighted by Crippen LogP contribution is -2.10. The molecular formula is C13H15N3. The summed E-state index contributed by atoms with van der Waals surface area (Å²) in [6.07, 6.45) is 0. The van der Waals surface area contributed by atoms with Crippen LogP contribution in [0.15, 0.2) is 18.2 Å². The molecule has 0 atom stereocenters. The van der Waals surface area contributed by atoms with Gasteiger partial charge < -0.3 is 10.7 Å². The molecule has 2 rings (SSSR count). The first-order valence-electron chi connectivity index (χ1n) is 5.25. The van der Waals surface area contributed by atoms with Crippen molar-refractivity contribution in [1.29, 1.82) is 5.26 Å². The molecule has 3 heteroatoms. The van der Waals surface area contributed by atoms with E-state index in [4.69, 9.17) is 11.0 Å². The molecule has 0 saturated carbocycles. The average molecular weight is 213 g/mol. The third-order valence-electron chi connectivity index (χ3n) is 2.76. The van der Waals surface area contributed by atoms with Gasteiger partial charge in [0.2, 0.25) is 0 Å². The Morgan fingerprint density at radius 3 is 2.56 bits per heavy atom. The summed E-state index contributed by atoms with van der Waals surface area (Å²) in [7, 11) is 0. The van der Waals surface area contributed by atoms with E-state index in [2.05, 4.69) is 31.8 Å². The van der Waals surface area contributed by atoms with Crippen molar-refractivity contribution < 1.29 is 0 Å². The van der Waals surface area contributed by atoms with Crippen LogP contribution in [0.25, 0.3) is 10.9 Å². The van der Waals surface area contributed by atoms with Crippen LogP contribution < -0.4 is 5.73 Å². The Kier molecular flexibility index (Phi) is 2.16. The minimum Gasteiger partial charge on any atom is -0.398 e. The molecule has 3 N–H and O–H groups in total. The Bertz CT molecular complexity index is 579. The highest BCUT2D eigenvalue weighted by Crippen LogP contribution is 2.29. The molecule has 0 aliphatic carbocycles. The maximum atomic E-state index is 9.08. The summed E-state index contributed by atoms with van der Waals surface area (Å²) >= 11 is 0. The van der Waals surface area contributed by atoms with Gasteiger partial charge >= 0.3 is 0 Å². The molecule has 0 aliphatic heterocycles. The Morgan fingerprint density at radius 1 is 1.31 bits per heavy atom. The Morgan fingerprint density at radius 2 is 2.00 bits per heavy atom. The molecule has 0 fully saturated rings. The largest absolute Gasteiger partial charge is 0.398 e. The lowest BCUT2D eigenvalue weighted by Gasteiger charge is -2.15. The van der Waals surface area contributed by atoms with Crippen LogP contribution in [0.5, 0.6) is 0 Å². The SMILES string of the molecule is CC(C)(C)c1cc2c(C#N)c(N)ccc2[nH]1. The number of fused-ring (bicyclic) bond motifs is 1. The zero-order chi connectivity index (χ0) is 11.9. The third kappa shape index (κ3) is 1.53. The van der Waals surface area contributed by atoms with Crippen molar-refractivity contribution in [2.75, 3.05) is 5.73 Å². The highest BCUT2D eigenvalue weighted by atomic mass is 14.7. The number of benzene rings is 1. The number of nitrogens with two attached hydrogens (primary N) is 1. The highest BCUT2D eigenvalue weighted by Gasteiger charge is 2.17. The number of nitrogen functional groups attached to an aromatic ring is 1. The first-order valence-corrected chi connectivity index (χ1v) is 5.25. The van der Waals surface area contributed by atoms with E-state index >= 15 is 0 Å². The summed E-state index contributed by atoms with van der Waals surface area (Å²) in [5.41, 5.74) is 9.00. The van der Waals surface area contributed by atoms with Gasteiger partial charge in [-0.25, -0.2) is 0 Å². The third-order valence-corrected chi connectivity index (χ3v) is 2.76. The number of aromatic nitrogens is 1. The normalized spacial score (nSPS) is 11.6. The van der Waals surface area contributed by atoms with E-state index < -0.39 is 0 Å². The Labute approximate surface area is 94.9 Å². The number of anilines is 1. The summed E-state index contributed by atoms with van der Waals surface area (Å²) < 4.78 is 0. The minimum atomic E-state index is 0.0422. The lowest BCUT2D eigenvalue weighted by atomic mass is 9.92. The fourth-order valence-electron chi connectivity index (χ4n) is 1.75. The molecule has 0 amide bonds. The number of aromatic amines is 1. The summed E-state index contributed by atoms with van der Waals surface area (Å²) in [6.45, 7) is 6.40. The van der Waals surface area contributed by atoms with E-state index in [1.54, 1.807) is 6.07 Å². The van der Waals surface area contributed by atoms with Crippen molar-refractivity contribution in [1.82, 2.24) is 4.98 Å². The lowest BCUT2D eigenvalue weighted by molar-refractivity contribution is 0.574. The number of rotatable bonds is 0. The number of hydrogen-bond acceptors (Lipinski definition) is 2. The molecule has 1 heterocycles. The van der Waals surface area contributed by atoms with Gasteiger partial charge in [0.15, 0.2) is 0 Å². The average Bonchev–Trinajstić information content (AvgIpc) is 2.60. The van der Waals surface area contributed by atoms with E-state index in [9.17, 15) is 0 Å². The van der Waals surface area contributed by atoms with Crippen molar-refractivity contribution in [3.8, 4) is 6.07 Å². The molecule has 0 radical (unpaired) electrons. The maximum absolute atomic E-state index is 9.08. The molecule has 0 bridgehead atoms. The highest BCUT2D eigenvalue weighted by molar-refractivity contribution is 5.91. The predicted molar refractivity (Wildman–Crippen MR) is 66.1 cm³/mol. The quantitative estimate of drug-likeness (QED) is 0.661. The molecule has 1 aromatic heterocycles. The molecule has 1 aromatic carbocycles. The first kappa shape index (κ1) is 10.6. The zero-order valence-corrected chi connectivity index (χ0v) is 9.76. The summed E-state index contributed by atoms with van der Waals surface area (Å²) in [6, 6.07) is 7.86. The van der Waals surface area contributed by atoms with Crippen LogP contribution in [0, 0.1) is 11.3 Å². The van der Waals surface area contributed by atoms with Crippen molar-refractivity contribution in [2.24, 2.45) is 0 Å². The second-order valence-corrected chi connectivity index (χ2v) is 5.04. The number of nitriles is 1. The molecule has 0 aliphatic rings. The topological polar surface area (TPSA) is 65.6 Å². The summed E-state index contributed by atoms with van der Waals surface area (Å²) in [5, 5.41) is 9.99. The summed E-state index contributed by atoms with van der Waals surface area (Å²) in [5.74, 6) is 0. The van der Waals surface area contributed by atoms with Gasteiger partial charge in [0.1, 0.15) is 6.07 Å². The molecule has 0 saturated heterocycles. The van der Waals surface area contributed by atoms with Crippen LogP contribution in [-0.4, -0.2) is 4.98 Å². The van der Waals surface area contributed by atoms with Gasteiger partial charge in [0.05, 0.1) is 11.3 Å². The van der Waals surface area contributed by atoms with Crippen LogP contribution in [0.1, 0.15) is 32.0 Å². The molecule has 82 valence electrons. The van der Waals surface area contributed by atoms with E-state index in [-0.39, 0.29) is 5.41 Å². The van der Waals surface area contributed by atoms with Crippen LogP contribution in [-0.2, 0) is 5.41 Å². The van der Waals surface area contributed by atoms with Crippen molar-refractivity contribution in [3.05, 3.63) is 29.5 Å². The van der Waals surface area contributed by atoms with E-state index in [0.29, 0.717) is 11.3 Å². The molecule has 0 spiro atoms. The number of hydrogen-bond donors (Lipinski definition) is 2. The fourth-order valence-corrected chi connectivity index (χ4v) is 1.75. The standard InChI is InChI=1S/C13H15N3/c1-13(2,3)12-6-8-9(7-14)10(15)4-5-11(8)16-12/h4-6,16H,15H2,1-3H3. The van der Waals surface area contributed by atoms with Gasteiger partial charge in [-0.1, -0.05) is 20.8 Å². The van der Waals surface area contributed by atoms with Crippen molar-refractivity contribution in [2.45, 2.75) is 26.2 Å². The van der Waals surface area contributed by atoms with Gasteiger partial charge in [0.25, 0.3) is 0 Å². The second-order valence-electron chi connectivity index (χ2n) is 5.04. The monoisotopic (exact) mass is 213 g/mol. The van der Waals surface area contributed by atoms with E-state index in [1.807, 2.05) is 12.1 Å². The smallest absolute Gasteiger partial charge is 0.102 e. The minimum absolute atomic E-state index is 0.0422. The van der Waals surface area contributed by atoms with Crippen molar-refractivity contribution >= 4 is 16.6 Å². The van der Waals surface area contributed by atoms with Gasteiger partial charge in [0, 0.05) is 22.0 Å². The van der Waals surface area contributed by atoms with Gasteiger partial charge in [-0.2, -0.15) is 5.26 Å². The number of H-pyrrole nitrogens is 1. The van der Waals surface area contributed by atoms with E-state index in [0.717, 1.165) is 16.6 Å². The van der Waals surface area contributed by atoms with Crippen molar-refractivity contribution in [3.63, 3.8) is 0 Å². The van der Waals surface area contributed by atoms with Crippen LogP contribution >= 0.6 is 0 Å². The second kappa shape index (κ2) is 3.28. The first-order chi connectivity index (χ1) is 7.43. The predicted octanol–water partition coefficient (Wildman–Crippen LogP) is 2.92. The van der Waals surface area contributed by atoms with Crippen LogP contribution in [0.4, 0.5) is 5.69 Å². The number of nitrogens with zero attached hydrogens (tertiary/aromatic N) is 1. The van der Waals surface area contributed by atoms with Gasteiger partial charge in [-0.15, -0.1) is 0 Å².